The highest BCUT2D eigenvalue weighted by atomic mass is 16.2. The first kappa shape index (κ1) is 17.4. The molecule has 0 aromatic heterocycles. The summed E-state index contributed by atoms with van der Waals surface area (Å²) in [4.78, 5) is 11.8. The fourth-order valence-electron chi connectivity index (χ4n) is 1.67. The van der Waals surface area contributed by atoms with E-state index in [-0.39, 0.29) is 11.3 Å². The van der Waals surface area contributed by atoms with E-state index in [1.165, 1.54) is 25.8 Å². The molecule has 0 atom stereocenters. The Labute approximate surface area is 114 Å². The third-order valence-corrected chi connectivity index (χ3v) is 3.54. The number of nitrogens with zero attached hydrogens (tertiary/aromatic N) is 1. The standard InChI is InChI=1S/C15H32N2O/c1-7-15(2,3)14(18)16-12-10-8-9-11-13-17(4,5)6/h7-13H2,1-6H3/p+1. The molecule has 0 spiro atoms. The van der Waals surface area contributed by atoms with Gasteiger partial charge in [-0.3, -0.25) is 4.79 Å². The second kappa shape index (κ2) is 7.78. The molecule has 18 heavy (non-hydrogen) atoms. The molecule has 0 radical (unpaired) electrons. The lowest BCUT2D eigenvalue weighted by molar-refractivity contribution is -0.870. The lowest BCUT2D eigenvalue weighted by Gasteiger charge is -2.23. The topological polar surface area (TPSA) is 29.1 Å². The molecule has 0 aliphatic carbocycles. The van der Waals surface area contributed by atoms with E-state index in [9.17, 15) is 4.79 Å². The quantitative estimate of drug-likeness (QED) is 0.499. The van der Waals surface area contributed by atoms with E-state index in [0.717, 1.165) is 23.9 Å². The molecule has 0 aliphatic heterocycles. The Morgan fingerprint density at radius 1 is 1.06 bits per heavy atom. The second-order valence-corrected chi connectivity index (χ2v) is 6.92. The Bertz CT molecular complexity index is 241. The molecule has 0 aromatic rings. The smallest absolute Gasteiger partial charge is 0.225 e. The molecule has 0 aromatic carbocycles. The summed E-state index contributed by atoms with van der Waals surface area (Å²) in [6, 6.07) is 0. The van der Waals surface area contributed by atoms with Gasteiger partial charge in [0.05, 0.1) is 27.7 Å². The first-order valence-corrected chi connectivity index (χ1v) is 7.28. The minimum atomic E-state index is -0.219. The molecule has 0 fully saturated rings. The van der Waals surface area contributed by atoms with Crippen LogP contribution in [-0.2, 0) is 4.79 Å². The van der Waals surface area contributed by atoms with Crippen molar-refractivity contribution in [2.24, 2.45) is 5.41 Å². The molecule has 0 unspecified atom stereocenters. The maximum atomic E-state index is 11.8. The van der Waals surface area contributed by atoms with Crippen molar-refractivity contribution in [2.75, 3.05) is 34.2 Å². The van der Waals surface area contributed by atoms with E-state index in [0.29, 0.717) is 0 Å². The predicted octanol–water partition coefficient (Wildman–Crippen LogP) is 2.81. The number of quaternary nitrogens is 1. The van der Waals surface area contributed by atoms with Crippen LogP contribution in [0.25, 0.3) is 0 Å². The fourth-order valence-corrected chi connectivity index (χ4v) is 1.67. The number of nitrogens with one attached hydrogen (secondary N) is 1. The lowest BCUT2D eigenvalue weighted by Crippen LogP contribution is -2.37. The van der Waals surface area contributed by atoms with Gasteiger partial charge in [0.1, 0.15) is 0 Å². The lowest BCUT2D eigenvalue weighted by atomic mass is 9.89. The van der Waals surface area contributed by atoms with Crippen LogP contribution in [0.4, 0.5) is 0 Å². The Morgan fingerprint density at radius 2 is 1.61 bits per heavy atom. The molecule has 108 valence electrons. The van der Waals surface area contributed by atoms with Gasteiger partial charge in [0, 0.05) is 12.0 Å². The van der Waals surface area contributed by atoms with Crippen molar-refractivity contribution < 1.29 is 9.28 Å². The highest BCUT2D eigenvalue weighted by molar-refractivity contribution is 5.81. The van der Waals surface area contributed by atoms with Gasteiger partial charge in [0.2, 0.25) is 5.91 Å². The molecule has 1 N–H and O–H groups in total. The molecule has 3 heteroatoms. The SMILES string of the molecule is CCC(C)(C)C(=O)NCCCCCC[N+](C)(C)C. The fraction of sp³-hybridized carbons (Fsp3) is 0.933. The van der Waals surface area contributed by atoms with E-state index in [2.05, 4.69) is 33.4 Å². The van der Waals surface area contributed by atoms with Crippen LogP contribution in [0.1, 0.15) is 52.9 Å². The normalized spacial score (nSPS) is 12.6. The number of carbonyl (C=O) groups is 1. The highest BCUT2D eigenvalue weighted by Gasteiger charge is 2.24. The van der Waals surface area contributed by atoms with E-state index in [1.807, 2.05) is 13.8 Å². The molecule has 0 saturated heterocycles. The summed E-state index contributed by atoms with van der Waals surface area (Å²) >= 11 is 0. The summed E-state index contributed by atoms with van der Waals surface area (Å²) in [6.45, 7) is 8.12. The average Bonchev–Trinajstić information content (AvgIpc) is 2.25. The molecule has 0 rings (SSSR count). The van der Waals surface area contributed by atoms with Gasteiger partial charge < -0.3 is 9.80 Å². The number of hydrogen-bond acceptors (Lipinski definition) is 1. The van der Waals surface area contributed by atoms with Gasteiger partial charge in [-0.15, -0.1) is 0 Å². The maximum absolute atomic E-state index is 11.8. The van der Waals surface area contributed by atoms with Gasteiger partial charge in [-0.25, -0.2) is 0 Å². The van der Waals surface area contributed by atoms with E-state index < -0.39 is 0 Å². The van der Waals surface area contributed by atoms with Crippen LogP contribution in [0, 0.1) is 5.41 Å². The molecular formula is C15H33N2O+. The zero-order chi connectivity index (χ0) is 14.2. The van der Waals surface area contributed by atoms with Crippen molar-refractivity contribution in [3.63, 3.8) is 0 Å². The summed E-state index contributed by atoms with van der Waals surface area (Å²) in [5.74, 6) is 0.191. The van der Waals surface area contributed by atoms with Crippen LogP contribution in [0.5, 0.6) is 0 Å². The van der Waals surface area contributed by atoms with Gasteiger partial charge in [-0.1, -0.05) is 27.2 Å². The number of amides is 1. The molecule has 0 heterocycles. The predicted molar refractivity (Wildman–Crippen MR) is 78.4 cm³/mol. The maximum Gasteiger partial charge on any atom is 0.225 e. The summed E-state index contributed by atoms with van der Waals surface area (Å²) < 4.78 is 1.04. The minimum absolute atomic E-state index is 0.191. The van der Waals surface area contributed by atoms with Crippen molar-refractivity contribution in [2.45, 2.75) is 52.9 Å². The van der Waals surface area contributed by atoms with E-state index in [4.69, 9.17) is 0 Å². The summed E-state index contributed by atoms with van der Waals surface area (Å²) in [6.07, 6.45) is 5.75. The first-order chi connectivity index (χ1) is 8.19. The van der Waals surface area contributed by atoms with E-state index >= 15 is 0 Å². The molecular weight excluding hydrogens is 224 g/mol. The van der Waals surface area contributed by atoms with Crippen molar-refractivity contribution >= 4 is 5.91 Å². The monoisotopic (exact) mass is 257 g/mol. The molecule has 0 aliphatic rings. The van der Waals surface area contributed by atoms with Crippen LogP contribution >= 0.6 is 0 Å². The Balaban J connectivity index is 3.50. The highest BCUT2D eigenvalue weighted by Crippen LogP contribution is 2.19. The van der Waals surface area contributed by atoms with Crippen LogP contribution in [0.3, 0.4) is 0 Å². The molecule has 0 bridgehead atoms. The summed E-state index contributed by atoms with van der Waals surface area (Å²) in [5, 5.41) is 3.04. The van der Waals surface area contributed by atoms with Crippen LogP contribution in [0.2, 0.25) is 0 Å². The second-order valence-electron chi connectivity index (χ2n) is 6.92. The number of hydrogen-bond donors (Lipinski definition) is 1. The summed E-state index contributed by atoms with van der Waals surface area (Å²) in [7, 11) is 6.69. The van der Waals surface area contributed by atoms with Gasteiger partial charge in [0.15, 0.2) is 0 Å². The van der Waals surface area contributed by atoms with Gasteiger partial charge >= 0.3 is 0 Å². The molecule has 1 amide bonds. The molecule has 3 nitrogen and oxygen atoms in total. The van der Waals surface area contributed by atoms with Crippen molar-refractivity contribution in [1.29, 1.82) is 0 Å². The number of rotatable bonds is 9. The van der Waals surface area contributed by atoms with Crippen molar-refractivity contribution in [1.82, 2.24) is 5.32 Å². The van der Waals surface area contributed by atoms with Gasteiger partial charge in [-0.05, 0) is 25.7 Å². The minimum Gasteiger partial charge on any atom is -0.356 e. The van der Waals surface area contributed by atoms with Crippen LogP contribution in [-0.4, -0.2) is 44.6 Å². The van der Waals surface area contributed by atoms with Gasteiger partial charge in [-0.2, -0.15) is 0 Å². The van der Waals surface area contributed by atoms with Crippen LogP contribution < -0.4 is 5.32 Å². The van der Waals surface area contributed by atoms with Crippen LogP contribution in [0.15, 0.2) is 0 Å². The third-order valence-electron chi connectivity index (χ3n) is 3.54. The van der Waals surface area contributed by atoms with E-state index in [1.54, 1.807) is 0 Å². The first-order valence-electron chi connectivity index (χ1n) is 7.28. The van der Waals surface area contributed by atoms with Crippen molar-refractivity contribution in [3.05, 3.63) is 0 Å². The zero-order valence-corrected chi connectivity index (χ0v) is 13.3. The van der Waals surface area contributed by atoms with Crippen molar-refractivity contribution in [3.8, 4) is 0 Å². The number of carbonyl (C=O) groups excluding carboxylic acids is 1. The Hall–Kier alpha value is -0.570. The largest absolute Gasteiger partial charge is 0.356 e. The zero-order valence-electron chi connectivity index (χ0n) is 13.3. The Morgan fingerprint density at radius 3 is 2.11 bits per heavy atom. The number of unbranched alkanes of at least 4 members (excludes halogenated alkanes) is 3. The summed E-state index contributed by atoms with van der Waals surface area (Å²) in [5.41, 5.74) is -0.219. The van der Waals surface area contributed by atoms with Gasteiger partial charge in [0.25, 0.3) is 0 Å². The molecule has 0 saturated carbocycles. The average molecular weight is 257 g/mol. The third kappa shape index (κ3) is 8.51. The Kier molecular flexibility index (Phi) is 7.53.